The maximum atomic E-state index is 13.5. The van der Waals surface area contributed by atoms with Crippen LogP contribution in [0.5, 0.6) is 0 Å². The topological polar surface area (TPSA) is 270 Å². The molecule has 2 aliphatic rings. The van der Waals surface area contributed by atoms with E-state index >= 15 is 0 Å². The molecule has 0 aromatic carbocycles. The zero-order valence-electron chi connectivity index (χ0n) is 39.6. The van der Waals surface area contributed by atoms with E-state index in [0.717, 1.165) is 70.6 Å². The van der Waals surface area contributed by atoms with Crippen molar-refractivity contribution < 1.29 is 78.4 Å². The fraction of sp³-hybridized carbons (Fsp3) is 0.796. The zero-order valence-corrected chi connectivity index (χ0v) is 40.4. The van der Waals surface area contributed by atoms with E-state index in [1.807, 2.05) is 6.92 Å². The number of aliphatic hydroxyl groups excluding tert-OH is 8. The smallest absolute Gasteiger partial charge is 0.462 e. The molecule has 0 aromatic rings. The van der Waals surface area contributed by atoms with Crippen molar-refractivity contribution in [3.8, 4) is 0 Å². The molecule has 0 saturated heterocycles. The summed E-state index contributed by atoms with van der Waals surface area (Å²) in [4.78, 5) is 36.5. The van der Waals surface area contributed by atoms with Crippen molar-refractivity contribution in [3.05, 3.63) is 48.6 Å². The average molecular weight is 961 g/mol. The first-order valence-electron chi connectivity index (χ1n) is 24.7. The second-order valence-electron chi connectivity index (χ2n) is 17.9. The molecular formula is C49H85O16P. The Kier molecular flexibility index (Phi) is 31.6. The molecule has 1 fully saturated rings. The highest BCUT2D eigenvalue weighted by atomic mass is 31.2. The molecule has 2 bridgehead atoms. The Hall–Kier alpha value is -2.31. The Morgan fingerprint density at radius 1 is 0.773 bits per heavy atom. The summed E-state index contributed by atoms with van der Waals surface area (Å²) in [5, 5.41) is 90.2. The van der Waals surface area contributed by atoms with Gasteiger partial charge in [-0.1, -0.05) is 127 Å². The number of esters is 2. The van der Waals surface area contributed by atoms with Crippen LogP contribution in [-0.2, 0) is 32.7 Å². The third kappa shape index (κ3) is 24.8. The van der Waals surface area contributed by atoms with Gasteiger partial charge in [0.15, 0.2) is 6.10 Å². The molecule has 1 heterocycles. The summed E-state index contributed by atoms with van der Waals surface area (Å²) < 4.78 is 34.8. The van der Waals surface area contributed by atoms with E-state index in [2.05, 4.69) is 31.2 Å². The Morgan fingerprint density at radius 2 is 1.39 bits per heavy atom. The number of unbranched alkanes of at least 4 members (excludes halogenated alkanes) is 12. The van der Waals surface area contributed by atoms with Crippen molar-refractivity contribution in [3.63, 3.8) is 0 Å². The van der Waals surface area contributed by atoms with Gasteiger partial charge in [-0.3, -0.25) is 18.6 Å². The maximum Gasteiger partial charge on any atom is 0.472 e. The summed E-state index contributed by atoms with van der Waals surface area (Å²) in [6.07, 6.45) is 11.9. The number of carbonyl (C=O) groups is 2. The van der Waals surface area contributed by atoms with Gasteiger partial charge in [0.2, 0.25) is 0 Å². The maximum absolute atomic E-state index is 13.5. The molecule has 1 unspecified atom stereocenters. The van der Waals surface area contributed by atoms with Crippen LogP contribution in [0.25, 0.3) is 0 Å². The van der Waals surface area contributed by atoms with E-state index in [1.54, 1.807) is 12.2 Å². The second kappa shape index (κ2) is 34.9. The molecule has 0 radical (unpaired) electrons. The third-order valence-corrected chi connectivity index (χ3v) is 13.2. The van der Waals surface area contributed by atoms with Crippen LogP contribution in [-0.4, -0.2) is 132 Å². The number of aliphatic hydroxyl groups is 8. The molecule has 16 nitrogen and oxygen atoms in total. The van der Waals surface area contributed by atoms with Crippen molar-refractivity contribution in [1.82, 2.24) is 0 Å². The van der Waals surface area contributed by atoms with Crippen LogP contribution in [0.15, 0.2) is 48.6 Å². The number of phosphoric ester groups is 1. The third-order valence-electron chi connectivity index (χ3n) is 12.2. The van der Waals surface area contributed by atoms with Gasteiger partial charge < -0.3 is 55.2 Å². The molecule has 0 spiro atoms. The SMILES string of the molecule is CCCCC/C=C\C/C=C\CCCCCCCCCC(=O)O[C@@H]1COC(=O)CCC/C=C/C[C@@H]2[C@@H](O)[C@H](O)[C@@H](O)[C@H](OP(=O)(O)OC1)[C@H](O)[C@H](O)[C@@H](/C=C/[C@@H](O)CCCCC)[C@H](O)C[C@@H]2O. The molecule has 1 aliphatic carbocycles. The second-order valence-corrected chi connectivity index (χ2v) is 19.3. The first-order chi connectivity index (χ1) is 31.6. The van der Waals surface area contributed by atoms with Gasteiger partial charge in [-0.15, -0.1) is 0 Å². The van der Waals surface area contributed by atoms with Crippen LogP contribution in [0.4, 0.5) is 0 Å². The summed E-state index contributed by atoms with van der Waals surface area (Å²) >= 11 is 0. The minimum Gasteiger partial charge on any atom is -0.462 e. The highest BCUT2D eigenvalue weighted by Gasteiger charge is 2.49. The predicted molar refractivity (Wildman–Crippen MR) is 251 cm³/mol. The van der Waals surface area contributed by atoms with Crippen LogP contribution in [0.2, 0.25) is 0 Å². The molecule has 17 heteroatoms. The highest BCUT2D eigenvalue weighted by molar-refractivity contribution is 7.47. The lowest BCUT2D eigenvalue weighted by Gasteiger charge is -2.37. The number of fused-ring (bicyclic) bond motifs is 4. The number of carbonyl (C=O) groups excluding carboxylic acids is 2. The van der Waals surface area contributed by atoms with Gasteiger partial charge in [-0.05, 0) is 64.2 Å². The average Bonchev–Trinajstić information content (AvgIpc) is 3.28. The van der Waals surface area contributed by atoms with Gasteiger partial charge in [-0.25, -0.2) is 4.57 Å². The van der Waals surface area contributed by atoms with Gasteiger partial charge >= 0.3 is 19.8 Å². The van der Waals surface area contributed by atoms with Crippen LogP contribution in [0.1, 0.15) is 162 Å². The first-order valence-corrected chi connectivity index (χ1v) is 26.2. The number of rotatable bonds is 23. The number of hydrogen-bond acceptors (Lipinski definition) is 15. The van der Waals surface area contributed by atoms with Crippen molar-refractivity contribution >= 4 is 19.8 Å². The van der Waals surface area contributed by atoms with Crippen molar-refractivity contribution in [2.75, 3.05) is 13.2 Å². The largest absolute Gasteiger partial charge is 0.472 e. The minimum absolute atomic E-state index is 0.0212. The monoisotopic (exact) mass is 961 g/mol. The van der Waals surface area contributed by atoms with E-state index in [4.69, 9.17) is 18.5 Å². The van der Waals surface area contributed by atoms with Crippen LogP contribution < -0.4 is 0 Å². The summed E-state index contributed by atoms with van der Waals surface area (Å²) in [7, 11) is -5.45. The van der Waals surface area contributed by atoms with E-state index in [1.165, 1.54) is 31.4 Å². The summed E-state index contributed by atoms with van der Waals surface area (Å²) in [5.41, 5.74) is 0. The predicted octanol–water partition coefficient (Wildman–Crippen LogP) is 6.33. The van der Waals surface area contributed by atoms with Gasteiger partial charge in [0.25, 0.3) is 0 Å². The van der Waals surface area contributed by atoms with Gasteiger partial charge in [0.1, 0.15) is 31.0 Å². The molecule has 382 valence electrons. The number of hydrogen-bond donors (Lipinski definition) is 9. The summed E-state index contributed by atoms with van der Waals surface area (Å²) in [6, 6.07) is 0. The Balaban J connectivity index is 2.15. The quantitative estimate of drug-likeness (QED) is 0.0234. The number of ether oxygens (including phenoxy) is 2. The first kappa shape index (κ1) is 59.8. The van der Waals surface area contributed by atoms with Gasteiger partial charge in [0, 0.05) is 31.1 Å². The zero-order chi connectivity index (χ0) is 48.7. The molecule has 13 atom stereocenters. The lowest BCUT2D eigenvalue weighted by Crippen LogP contribution is -2.55. The molecule has 66 heavy (non-hydrogen) atoms. The molecular weight excluding hydrogens is 875 g/mol. The Labute approximate surface area is 393 Å². The fourth-order valence-electron chi connectivity index (χ4n) is 8.08. The lowest BCUT2D eigenvalue weighted by molar-refractivity contribution is -0.167. The van der Waals surface area contributed by atoms with E-state index in [-0.39, 0.29) is 19.3 Å². The lowest BCUT2D eigenvalue weighted by atomic mass is 9.83. The number of cyclic esters (lactones) is 1. The number of phosphoric acid groups is 1. The van der Waals surface area contributed by atoms with Crippen molar-refractivity contribution in [1.29, 1.82) is 0 Å². The normalized spacial score (nSPS) is 32.5. The summed E-state index contributed by atoms with van der Waals surface area (Å²) in [6.45, 7) is 2.80. The minimum atomic E-state index is -5.45. The molecule has 2 rings (SSSR count). The van der Waals surface area contributed by atoms with Crippen molar-refractivity contribution in [2.45, 2.75) is 223 Å². The molecule has 9 N–H and O–H groups in total. The molecule has 0 aromatic heterocycles. The molecule has 1 aliphatic heterocycles. The van der Waals surface area contributed by atoms with Gasteiger partial charge in [0.05, 0.1) is 37.1 Å². The molecule has 1 saturated carbocycles. The van der Waals surface area contributed by atoms with E-state index in [0.29, 0.717) is 32.1 Å². The Bertz CT molecular complexity index is 1470. The Morgan fingerprint density at radius 3 is 2.08 bits per heavy atom. The molecule has 0 amide bonds. The van der Waals surface area contributed by atoms with Crippen LogP contribution in [0, 0.1) is 11.8 Å². The standard InChI is InChI=1S/C49H85O16P/c1-3-5-7-8-9-10-11-12-13-14-15-16-17-18-19-20-26-30-43(54)64-37-34-62-42(53)29-25-22-21-24-28-38-40(51)33-41(52)39(32-31-36(50)27-23-6-4-2)45(56)47(58)49(48(59)46(57)44(38)55)65-66(60,61)63-35-37/h9-10,12-13,21,24,31-32,36-41,44-52,55-59H,3-8,11,14-20,22-23,25-30,33-35H2,1-2H3,(H,60,61)/b10-9-,13-12-,24-21+,32-31+/t36-,37+,38-,39-,40-,41+,44+,45+,46-,47+,48+,49+/m0/s1. The highest BCUT2D eigenvalue weighted by Crippen LogP contribution is 2.47. The summed E-state index contributed by atoms with van der Waals surface area (Å²) in [5.74, 6) is -4.05. The fourth-order valence-corrected chi connectivity index (χ4v) is 9.05. The van der Waals surface area contributed by atoms with E-state index < -0.39 is 112 Å². The number of allylic oxidation sites excluding steroid dienone is 6. The van der Waals surface area contributed by atoms with Crippen molar-refractivity contribution in [2.24, 2.45) is 11.8 Å². The van der Waals surface area contributed by atoms with E-state index in [9.17, 15) is 59.9 Å². The van der Waals surface area contributed by atoms with Crippen LogP contribution in [0.3, 0.4) is 0 Å². The van der Waals surface area contributed by atoms with Crippen LogP contribution >= 0.6 is 7.82 Å². The van der Waals surface area contributed by atoms with Gasteiger partial charge in [-0.2, -0.15) is 0 Å².